The first kappa shape index (κ1) is 38.9. The monoisotopic (exact) mass is 654 g/mol. The van der Waals surface area contributed by atoms with Crippen LogP contribution in [0.5, 0.6) is 0 Å². The van der Waals surface area contributed by atoms with Crippen molar-refractivity contribution >= 4 is 29.6 Å². The first-order valence-electron chi connectivity index (χ1n) is 16.0. The Balaban J connectivity index is 2.23. The smallest absolute Gasteiger partial charge is 0.326 e. The lowest BCUT2D eigenvalue weighted by molar-refractivity contribution is -0.143. The summed E-state index contributed by atoms with van der Waals surface area (Å²) in [6.45, 7) is 10.4. The Labute approximate surface area is 276 Å². The SMILES string of the molecule is CC[C@H](C)[C@H](NC(=O)C[C@H](O)[C@H](Cc1ccccc1)NC(=O)C(NC(=O)C(O)c1ccccc1)C(C)C)C(=O)NC(C(=O)O)C(C)C. The molecule has 0 aliphatic heterocycles. The lowest BCUT2D eigenvalue weighted by Crippen LogP contribution is -2.57. The van der Waals surface area contributed by atoms with Crippen molar-refractivity contribution in [3.63, 3.8) is 0 Å². The molecule has 47 heavy (non-hydrogen) atoms. The standard InChI is InChI=1S/C35H50N4O8/c1-7-22(6)30(33(44)39-29(21(4)5)35(46)47)37-27(41)19-26(40)25(18-23-14-10-8-11-15-23)36-32(43)28(20(2)3)38-34(45)31(42)24-16-12-9-13-17-24/h8-17,20-22,25-26,28-31,40,42H,7,18-19H2,1-6H3,(H,36,43)(H,37,41)(H,38,45)(H,39,44)(H,46,47)/t22-,25-,26-,28?,29?,30-,31?/m0/s1. The number of carboxylic acids is 1. The zero-order valence-corrected chi connectivity index (χ0v) is 28.0. The van der Waals surface area contributed by atoms with Crippen molar-refractivity contribution in [2.75, 3.05) is 0 Å². The van der Waals surface area contributed by atoms with Crippen molar-refractivity contribution in [2.24, 2.45) is 17.8 Å². The molecule has 258 valence electrons. The summed E-state index contributed by atoms with van der Waals surface area (Å²) in [5.74, 6) is -5.01. The van der Waals surface area contributed by atoms with Gasteiger partial charge >= 0.3 is 5.97 Å². The third-order valence-electron chi connectivity index (χ3n) is 8.14. The molecule has 0 aromatic heterocycles. The van der Waals surface area contributed by atoms with E-state index in [1.54, 1.807) is 89.2 Å². The third kappa shape index (κ3) is 12.1. The molecule has 2 rings (SSSR count). The van der Waals surface area contributed by atoms with Crippen LogP contribution >= 0.6 is 0 Å². The van der Waals surface area contributed by atoms with E-state index in [2.05, 4.69) is 21.3 Å². The summed E-state index contributed by atoms with van der Waals surface area (Å²) in [6.07, 6.45) is -2.72. The normalized spacial score (nSPS) is 15.8. The Kier molecular flexibility index (Phi) is 15.5. The minimum Gasteiger partial charge on any atom is -0.480 e. The van der Waals surface area contributed by atoms with Gasteiger partial charge in [-0.2, -0.15) is 0 Å². The van der Waals surface area contributed by atoms with Gasteiger partial charge in [0.05, 0.1) is 18.6 Å². The molecule has 0 heterocycles. The number of rotatable bonds is 18. The van der Waals surface area contributed by atoms with Crippen LogP contribution in [0.15, 0.2) is 60.7 Å². The second-order valence-corrected chi connectivity index (χ2v) is 12.6. The van der Waals surface area contributed by atoms with Gasteiger partial charge in [-0.15, -0.1) is 0 Å². The Morgan fingerprint density at radius 2 is 1.17 bits per heavy atom. The largest absolute Gasteiger partial charge is 0.480 e. The maximum absolute atomic E-state index is 13.6. The number of carbonyl (C=O) groups is 5. The summed E-state index contributed by atoms with van der Waals surface area (Å²) >= 11 is 0. The Morgan fingerprint density at radius 3 is 1.68 bits per heavy atom. The number of carboxylic acid groups (broad SMARTS) is 1. The van der Waals surface area contributed by atoms with Crippen molar-refractivity contribution in [1.29, 1.82) is 0 Å². The number of carbonyl (C=O) groups excluding carboxylic acids is 4. The van der Waals surface area contributed by atoms with Gasteiger partial charge in [0.2, 0.25) is 17.7 Å². The van der Waals surface area contributed by atoms with Crippen molar-refractivity contribution in [3.8, 4) is 0 Å². The van der Waals surface area contributed by atoms with Gasteiger partial charge in [0.15, 0.2) is 6.10 Å². The van der Waals surface area contributed by atoms with Gasteiger partial charge in [0.25, 0.3) is 5.91 Å². The predicted octanol–water partition coefficient (Wildman–Crippen LogP) is 2.10. The molecular formula is C35H50N4O8. The summed E-state index contributed by atoms with van der Waals surface area (Å²) in [7, 11) is 0. The summed E-state index contributed by atoms with van der Waals surface area (Å²) in [4.78, 5) is 64.4. The highest BCUT2D eigenvalue weighted by molar-refractivity contribution is 5.91. The molecule has 7 N–H and O–H groups in total. The van der Waals surface area contributed by atoms with Gasteiger partial charge in [0.1, 0.15) is 18.1 Å². The molecule has 0 fully saturated rings. The van der Waals surface area contributed by atoms with E-state index in [1.165, 1.54) is 0 Å². The quantitative estimate of drug-likeness (QED) is 0.127. The number of benzene rings is 2. The predicted molar refractivity (Wildman–Crippen MR) is 177 cm³/mol. The highest BCUT2D eigenvalue weighted by atomic mass is 16.4. The molecule has 0 spiro atoms. The van der Waals surface area contributed by atoms with Crippen LogP contribution in [0.3, 0.4) is 0 Å². The number of hydrogen-bond acceptors (Lipinski definition) is 7. The van der Waals surface area contributed by atoms with Gasteiger partial charge < -0.3 is 36.6 Å². The van der Waals surface area contributed by atoms with Crippen molar-refractivity contribution in [3.05, 3.63) is 71.8 Å². The van der Waals surface area contributed by atoms with Gasteiger partial charge in [-0.05, 0) is 35.3 Å². The molecular weight excluding hydrogens is 604 g/mol. The molecule has 0 bridgehead atoms. The van der Waals surface area contributed by atoms with Crippen LogP contribution in [0.4, 0.5) is 0 Å². The lowest BCUT2D eigenvalue weighted by atomic mass is 9.95. The van der Waals surface area contributed by atoms with Crippen LogP contribution in [0.1, 0.15) is 71.6 Å². The Morgan fingerprint density at radius 1 is 0.660 bits per heavy atom. The molecule has 0 radical (unpaired) electrons. The van der Waals surface area contributed by atoms with Gasteiger partial charge in [-0.25, -0.2) is 4.79 Å². The second kappa shape index (κ2) is 18.8. The van der Waals surface area contributed by atoms with E-state index in [9.17, 15) is 39.3 Å². The number of aliphatic hydroxyl groups is 2. The number of hydrogen-bond donors (Lipinski definition) is 7. The molecule has 3 unspecified atom stereocenters. The van der Waals surface area contributed by atoms with Crippen molar-refractivity contribution in [2.45, 2.75) is 97.2 Å². The maximum atomic E-state index is 13.6. The maximum Gasteiger partial charge on any atom is 0.326 e. The van der Waals surface area contributed by atoms with Crippen LogP contribution in [-0.4, -0.2) is 75.2 Å². The van der Waals surface area contributed by atoms with Gasteiger partial charge in [0, 0.05) is 0 Å². The molecule has 12 nitrogen and oxygen atoms in total. The van der Waals surface area contributed by atoms with Crippen LogP contribution in [0, 0.1) is 17.8 Å². The first-order chi connectivity index (χ1) is 22.2. The zero-order chi connectivity index (χ0) is 35.3. The fraction of sp³-hybridized carbons (Fsp3) is 0.514. The number of amides is 4. The number of aliphatic hydroxyl groups excluding tert-OH is 2. The van der Waals surface area contributed by atoms with E-state index in [0.29, 0.717) is 12.0 Å². The molecule has 0 saturated heterocycles. The number of aliphatic carboxylic acids is 1. The second-order valence-electron chi connectivity index (χ2n) is 12.6. The number of nitrogens with one attached hydrogen (secondary N) is 4. The highest BCUT2D eigenvalue weighted by Crippen LogP contribution is 2.16. The van der Waals surface area contributed by atoms with E-state index < -0.39 is 84.2 Å². The molecule has 2 aromatic rings. The minimum absolute atomic E-state index is 0.149. The molecule has 0 saturated carbocycles. The Bertz CT molecular complexity index is 1320. The van der Waals surface area contributed by atoms with Crippen LogP contribution in [0.25, 0.3) is 0 Å². The summed E-state index contributed by atoms with van der Waals surface area (Å²) in [5, 5.41) is 41.9. The average Bonchev–Trinajstić information content (AvgIpc) is 3.03. The van der Waals surface area contributed by atoms with Gasteiger partial charge in [-0.1, -0.05) is 109 Å². The average molecular weight is 655 g/mol. The summed E-state index contributed by atoms with van der Waals surface area (Å²) in [6, 6.07) is 13.1. The van der Waals surface area contributed by atoms with E-state index in [0.717, 1.165) is 5.56 Å². The molecule has 4 amide bonds. The van der Waals surface area contributed by atoms with E-state index in [1.807, 2.05) is 13.0 Å². The van der Waals surface area contributed by atoms with E-state index in [4.69, 9.17) is 0 Å². The highest BCUT2D eigenvalue weighted by Gasteiger charge is 2.34. The first-order valence-corrected chi connectivity index (χ1v) is 16.0. The molecule has 0 aliphatic rings. The zero-order valence-electron chi connectivity index (χ0n) is 28.0. The summed E-state index contributed by atoms with van der Waals surface area (Å²) in [5.41, 5.74) is 1.13. The van der Waals surface area contributed by atoms with Gasteiger partial charge in [-0.3, -0.25) is 19.2 Å². The molecule has 7 atom stereocenters. The third-order valence-corrected chi connectivity index (χ3v) is 8.14. The van der Waals surface area contributed by atoms with Crippen molar-refractivity contribution < 1.29 is 39.3 Å². The topological polar surface area (TPSA) is 194 Å². The van der Waals surface area contributed by atoms with Crippen LogP contribution in [0.2, 0.25) is 0 Å². The summed E-state index contributed by atoms with van der Waals surface area (Å²) < 4.78 is 0. The van der Waals surface area contributed by atoms with E-state index >= 15 is 0 Å². The fourth-order valence-corrected chi connectivity index (χ4v) is 5.00. The lowest BCUT2D eigenvalue weighted by Gasteiger charge is -2.30. The van der Waals surface area contributed by atoms with Crippen molar-refractivity contribution in [1.82, 2.24) is 21.3 Å². The molecule has 0 aliphatic carbocycles. The van der Waals surface area contributed by atoms with E-state index in [-0.39, 0.29) is 12.3 Å². The molecule has 12 heteroatoms. The fourth-order valence-electron chi connectivity index (χ4n) is 5.00. The minimum atomic E-state index is -1.50. The van der Waals surface area contributed by atoms with Crippen LogP contribution < -0.4 is 21.3 Å². The van der Waals surface area contributed by atoms with Crippen LogP contribution in [-0.2, 0) is 30.4 Å². The molecule has 2 aromatic carbocycles. The Hall–Kier alpha value is -4.29.